The van der Waals surface area contributed by atoms with E-state index in [0.717, 1.165) is 0 Å². The van der Waals surface area contributed by atoms with Crippen molar-refractivity contribution >= 4 is 13.7 Å². The van der Waals surface area contributed by atoms with Gasteiger partial charge in [-0.2, -0.15) is 14.7 Å². The molecule has 0 aromatic rings. The van der Waals surface area contributed by atoms with Crippen LogP contribution in [0, 0.1) is 0 Å². The van der Waals surface area contributed by atoms with E-state index in [4.69, 9.17) is 19.8 Å². The Kier molecular flexibility index (Phi) is 6.12. The Labute approximate surface area is 118 Å². The standard InChI is InChI=1S/C9H18O11P/c10-1-2(11)9(21(17,18)19)20-8-6(15)4(13)3(12)5(14)7(8)16/h3-10,12-19H,1H2/q+1. The van der Waals surface area contributed by atoms with Crippen molar-refractivity contribution in [1.29, 1.82) is 0 Å². The highest BCUT2D eigenvalue weighted by atomic mass is 31.2. The molecule has 12 heteroatoms. The van der Waals surface area contributed by atoms with E-state index in [0.29, 0.717) is 0 Å². The summed E-state index contributed by atoms with van der Waals surface area (Å²) in [6.07, 6.45) is -11.7. The van der Waals surface area contributed by atoms with E-state index in [-0.39, 0.29) is 0 Å². The largest absolute Gasteiger partial charge is 0.443 e. The maximum absolute atomic E-state index is 11.3. The minimum absolute atomic E-state index is 1.24. The Hall–Kier alpha value is -0.300. The molecule has 0 aromatic carbocycles. The fourth-order valence-electron chi connectivity index (χ4n) is 1.94. The molecule has 0 heterocycles. The Morgan fingerprint density at radius 3 is 1.62 bits per heavy atom. The van der Waals surface area contributed by atoms with Gasteiger partial charge in [0.1, 0.15) is 43.2 Å². The minimum atomic E-state index is -4.95. The van der Waals surface area contributed by atoms with Crippen LogP contribution in [0.2, 0.25) is 0 Å². The van der Waals surface area contributed by atoms with Crippen molar-refractivity contribution in [2.45, 2.75) is 42.5 Å². The van der Waals surface area contributed by atoms with Crippen molar-refractivity contribution in [3.8, 4) is 0 Å². The quantitative estimate of drug-likeness (QED) is 0.217. The fraction of sp³-hybridized carbons (Fsp3) is 0.889. The van der Waals surface area contributed by atoms with Gasteiger partial charge in [0.25, 0.3) is 0 Å². The molecule has 11 nitrogen and oxygen atoms in total. The lowest BCUT2D eigenvalue weighted by Crippen LogP contribution is -2.65. The van der Waals surface area contributed by atoms with E-state index < -0.39 is 62.8 Å². The fourth-order valence-corrected chi connectivity index (χ4v) is 2.71. The summed E-state index contributed by atoms with van der Waals surface area (Å²) in [6, 6.07) is 0. The van der Waals surface area contributed by atoms with Gasteiger partial charge in [-0.1, -0.05) is 0 Å². The molecule has 1 saturated carbocycles. The molecule has 1 fully saturated rings. The number of ether oxygens (including phenoxy) is 1. The zero-order valence-corrected chi connectivity index (χ0v) is 11.4. The van der Waals surface area contributed by atoms with Crippen molar-refractivity contribution in [2.24, 2.45) is 0 Å². The Bertz CT molecular complexity index is 355. The van der Waals surface area contributed by atoms with Crippen LogP contribution in [0.25, 0.3) is 0 Å². The van der Waals surface area contributed by atoms with Gasteiger partial charge in [0.2, 0.25) is 5.78 Å². The smallest absolute Gasteiger partial charge is 0.388 e. The van der Waals surface area contributed by atoms with E-state index in [1.807, 2.05) is 0 Å². The SMILES string of the molecule is O=C(CO)C(OC1C(O)C(O)C(O)C(O)C1O)[P+](O)(O)O. The van der Waals surface area contributed by atoms with Crippen LogP contribution in [0.4, 0.5) is 0 Å². The lowest BCUT2D eigenvalue weighted by molar-refractivity contribution is -0.239. The van der Waals surface area contributed by atoms with E-state index in [9.17, 15) is 30.3 Å². The number of Topliss-reactive ketones (excluding diaryl/α,β-unsaturated/α-hetero) is 1. The number of carbonyl (C=O) groups excluding carboxylic acids is 1. The highest BCUT2D eigenvalue weighted by Crippen LogP contribution is 2.52. The van der Waals surface area contributed by atoms with E-state index >= 15 is 0 Å². The number of ketones is 1. The minimum Gasteiger partial charge on any atom is -0.388 e. The van der Waals surface area contributed by atoms with Gasteiger partial charge in [-0.3, -0.25) is 4.79 Å². The molecule has 9 N–H and O–H groups in total. The van der Waals surface area contributed by atoms with Gasteiger partial charge in [-0.25, -0.2) is 0 Å². The molecule has 5 atom stereocenters. The van der Waals surface area contributed by atoms with Gasteiger partial charge in [0.15, 0.2) is 0 Å². The van der Waals surface area contributed by atoms with Crippen molar-refractivity contribution in [1.82, 2.24) is 0 Å². The average Bonchev–Trinajstić information content (AvgIpc) is 2.41. The molecule has 124 valence electrons. The molecular formula is C9H18O11P+. The highest BCUT2D eigenvalue weighted by molar-refractivity contribution is 7.60. The van der Waals surface area contributed by atoms with Crippen LogP contribution in [0.3, 0.4) is 0 Å². The lowest BCUT2D eigenvalue weighted by atomic mass is 9.85. The van der Waals surface area contributed by atoms with Gasteiger partial charge in [-0.05, 0) is 0 Å². The van der Waals surface area contributed by atoms with Crippen LogP contribution in [0.15, 0.2) is 0 Å². The zero-order chi connectivity index (χ0) is 16.5. The summed E-state index contributed by atoms with van der Waals surface area (Å²) in [5, 5.41) is 56.2. The summed E-state index contributed by atoms with van der Waals surface area (Å²) >= 11 is 0. The molecule has 0 aromatic heterocycles. The van der Waals surface area contributed by atoms with Crippen LogP contribution < -0.4 is 0 Å². The topological polar surface area (TPSA) is 208 Å². The summed E-state index contributed by atoms with van der Waals surface area (Å²) in [6.45, 7) is -1.24. The molecule has 0 amide bonds. The van der Waals surface area contributed by atoms with E-state index in [1.165, 1.54) is 0 Å². The average molecular weight is 333 g/mol. The van der Waals surface area contributed by atoms with E-state index in [2.05, 4.69) is 4.74 Å². The van der Waals surface area contributed by atoms with Gasteiger partial charge in [0, 0.05) is 0 Å². The van der Waals surface area contributed by atoms with Gasteiger partial charge >= 0.3 is 13.8 Å². The Morgan fingerprint density at radius 2 is 1.29 bits per heavy atom. The van der Waals surface area contributed by atoms with Crippen molar-refractivity contribution < 1.29 is 54.9 Å². The number of carbonyl (C=O) groups is 1. The van der Waals surface area contributed by atoms with Crippen molar-refractivity contribution in [2.75, 3.05) is 6.61 Å². The van der Waals surface area contributed by atoms with Gasteiger partial charge in [0.05, 0.1) is 0 Å². The van der Waals surface area contributed by atoms with Crippen LogP contribution >= 0.6 is 7.94 Å². The first-order valence-corrected chi connectivity index (χ1v) is 7.50. The molecule has 0 radical (unpaired) electrons. The first-order chi connectivity index (χ1) is 9.52. The third kappa shape index (κ3) is 3.92. The van der Waals surface area contributed by atoms with Crippen molar-refractivity contribution in [3.63, 3.8) is 0 Å². The molecule has 5 unspecified atom stereocenters. The predicted octanol–water partition coefficient (Wildman–Crippen LogP) is -5.18. The molecule has 21 heavy (non-hydrogen) atoms. The molecule has 1 rings (SSSR count). The number of hydrogen-bond donors (Lipinski definition) is 9. The first-order valence-electron chi connectivity index (χ1n) is 5.78. The summed E-state index contributed by atoms with van der Waals surface area (Å²) < 4.78 is 4.68. The molecular weight excluding hydrogens is 315 g/mol. The van der Waals surface area contributed by atoms with Gasteiger partial charge in [-0.15, -0.1) is 0 Å². The maximum atomic E-state index is 11.3. The van der Waals surface area contributed by atoms with Crippen LogP contribution in [0.5, 0.6) is 0 Å². The second-order valence-corrected chi connectivity index (χ2v) is 6.34. The molecule has 0 bridgehead atoms. The number of hydrogen-bond acceptors (Lipinski definition) is 11. The molecule has 1 aliphatic rings. The van der Waals surface area contributed by atoms with Gasteiger partial charge < -0.3 is 35.4 Å². The van der Waals surface area contributed by atoms with Crippen LogP contribution in [-0.2, 0) is 9.53 Å². The third-order valence-electron chi connectivity index (χ3n) is 3.10. The Balaban J connectivity index is 2.99. The second-order valence-electron chi connectivity index (χ2n) is 4.65. The summed E-state index contributed by atoms with van der Waals surface area (Å²) in [4.78, 5) is 38.6. The summed E-state index contributed by atoms with van der Waals surface area (Å²) in [5.74, 6) is -3.74. The second kappa shape index (κ2) is 6.86. The zero-order valence-electron chi connectivity index (χ0n) is 10.5. The predicted molar refractivity (Wildman–Crippen MR) is 64.4 cm³/mol. The van der Waals surface area contributed by atoms with Crippen LogP contribution in [-0.4, -0.2) is 100 Å². The first kappa shape index (κ1) is 18.7. The Morgan fingerprint density at radius 1 is 0.905 bits per heavy atom. The molecule has 0 spiro atoms. The molecule has 0 aliphatic heterocycles. The molecule has 0 saturated heterocycles. The lowest BCUT2D eigenvalue weighted by Gasteiger charge is -2.41. The number of aliphatic hydroxyl groups excluding tert-OH is 6. The normalized spacial score (nSPS) is 39.1. The monoisotopic (exact) mass is 333 g/mol. The van der Waals surface area contributed by atoms with Crippen molar-refractivity contribution in [3.05, 3.63) is 0 Å². The maximum Gasteiger partial charge on any atom is 0.443 e. The third-order valence-corrected chi connectivity index (χ3v) is 4.14. The van der Waals surface area contributed by atoms with E-state index in [1.54, 1.807) is 0 Å². The molecule has 1 aliphatic carbocycles. The summed E-state index contributed by atoms with van der Waals surface area (Å²) in [5.41, 5.74) is 0. The van der Waals surface area contributed by atoms with Crippen LogP contribution in [0.1, 0.15) is 0 Å². The highest BCUT2D eigenvalue weighted by Gasteiger charge is 2.56. The number of rotatable bonds is 5. The summed E-state index contributed by atoms with van der Waals surface area (Å²) in [7, 11) is -4.95. The number of aliphatic hydroxyl groups is 6.